The lowest BCUT2D eigenvalue weighted by molar-refractivity contribution is -0.385. The molecule has 6 nitrogen and oxygen atoms in total. The van der Waals surface area contributed by atoms with Crippen LogP contribution in [0.25, 0.3) is 0 Å². The first kappa shape index (κ1) is 18.8. The van der Waals surface area contributed by atoms with Crippen LogP contribution in [0, 0.1) is 10.1 Å². The number of nitro benzene ring substituents is 1. The number of Topliss-reactive ketones (excluding diaryl/α,β-unsaturated/α-hetero) is 1. The third-order valence-electron chi connectivity index (χ3n) is 3.53. The maximum absolute atomic E-state index is 12.1. The van der Waals surface area contributed by atoms with E-state index in [-0.39, 0.29) is 21.5 Å². The van der Waals surface area contributed by atoms with Crippen LogP contribution < -0.4 is 0 Å². The summed E-state index contributed by atoms with van der Waals surface area (Å²) >= 11 is 3.04. The zero-order chi connectivity index (χ0) is 18.4. The molecule has 0 heterocycles. The fourth-order valence-electron chi connectivity index (χ4n) is 2.22. The zero-order valence-corrected chi connectivity index (χ0v) is 15.1. The molecule has 0 spiro atoms. The predicted molar refractivity (Wildman–Crippen MR) is 95.8 cm³/mol. The van der Waals surface area contributed by atoms with Crippen molar-refractivity contribution >= 4 is 33.4 Å². The molecule has 0 bridgehead atoms. The summed E-state index contributed by atoms with van der Waals surface area (Å²) in [5.74, 6) is -1.12. The van der Waals surface area contributed by atoms with Crippen LogP contribution in [-0.2, 0) is 11.2 Å². The summed E-state index contributed by atoms with van der Waals surface area (Å²) in [7, 11) is 0. The number of ketones is 1. The summed E-state index contributed by atoms with van der Waals surface area (Å²) in [6, 6.07) is 11.0. The maximum Gasteiger partial charge on any atom is 0.338 e. The Morgan fingerprint density at radius 1 is 1.12 bits per heavy atom. The van der Waals surface area contributed by atoms with E-state index in [9.17, 15) is 19.7 Å². The summed E-state index contributed by atoms with van der Waals surface area (Å²) < 4.78 is 5.23. The SMILES string of the molecule is CCCc1ccc(C(=O)COC(=O)c2ccc(Br)c([N+](=O)[O-])c2)cc1. The first-order valence-electron chi connectivity index (χ1n) is 7.65. The van der Waals surface area contributed by atoms with Crippen molar-refractivity contribution in [3.63, 3.8) is 0 Å². The van der Waals surface area contributed by atoms with Crippen molar-refractivity contribution < 1.29 is 19.2 Å². The lowest BCUT2D eigenvalue weighted by atomic mass is 10.1. The molecule has 7 heteroatoms. The van der Waals surface area contributed by atoms with Crippen molar-refractivity contribution in [2.24, 2.45) is 0 Å². The maximum atomic E-state index is 12.1. The first-order valence-corrected chi connectivity index (χ1v) is 8.45. The van der Waals surface area contributed by atoms with Crippen LogP contribution >= 0.6 is 15.9 Å². The van der Waals surface area contributed by atoms with Crippen LogP contribution in [0.5, 0.6) is 0 Å². The lowest BCUT2D eigenvalue weighted by Gasteiger charge is -2.06. The number of hydrogen-bond acceptors (Lipinski definition) is 5. The highest BCUT2D eigenvalue weighted by Crippen LogP contribution is 2.25. The minimum atomic E-state index is -0.786. The Kier molecular flexibility index (Phi) is 6.41. The van der Waals surface area contributed by atoms with Crippen LogP contribution in [0.2, 0.25) is 0 Å². The van der Waals surface area contributed by atoms with Crippen molar-refractivity contribution in [1.29, 1.82) is 0 Å². The van der Waals surface area contributed by atoms with Gasteiger partial charge in [-0.05, 0) is 40.0 Å². The summed E-state index contributed by atoms with van der Waals surface area (Å²) in [5.41, 5.74) is 1.36. The number of halogens is 1. The molecular weight excluding hydrogens is 390 g/mol. The predicted octanol–water partition coefficient (Wildman–Crippen LogP) is 4.35. The molecular formula is C18H16BrNO5. The average molecular weight is 406 g/mol. The molecule has 0 N–H and O–H groups in total. The number of nitro groups is 1. The van der Waals surface area contributed by atoms with Crippen molar-refractivity contribution in [2.45, 2.75) is 19.8 Å². The highest BCUT2D eigenvalue weighted by Gasteiger charge is 2.18. The van der Waals surface area contributed by atoms with Gasteiger partial charge in [0, 0.05) is 11.6 Å². The van der Waals surface area contributed by atoms with Crippen LogP contribution in [-0.4, -0.2) is 23.3 Å². The second-order valence-corrected chi connectivity index (χ2v) is 6.22. The topological polar surface area (TPSA) is 86.5 Å². The summed E-state index contributed by atoms with van der Waals surface area (Å²) in [6.45, 7) is 1.65. The van der Waals surface area contributed by atoms with E-state index in [1.807, 2.05) is 12.1 Å². The molecule has 0 saturated carbocycles. The Bertz CT molecular complexity index is 802. The molecule has 0 amide bonds. The van der Waals surface area contributed by atoms with Gasteiger partial charge >= 0.3 is 5.97 Å². The van der Waals surface area contributed by atoms with Gasteiger partial charge in [0.2, 0.25) is 0 Å². The molecule has 0 radical (unpaired) electrons. The van der Waals surface area contributed by atoms with Crippen molar-refractivity contribution in [3.8, 4) is 0 Å². The molecule has 2 aromatic rings. The second kappa shape index (κ2) is 8.53. The van der Waals surface area contributed by atoms with Gasteiger partial charge < -0.3 is 4.74 Å². The van der Waals surface area contributed by atoms with E-state index in [1.54, 1.807) is 12.1 Å². The number of ether oxygens (including phenoxy) is 1. The molecule has 2 aromatic carbocycles. The third kappa shape index (κ3) is 4.96. The normalized spacial score (nSPS) is 10.3. The molecule has 0 aromatic heterocycles. The Labute approximate surface area is 153 Å². The Balaban J connectivity index is 2.00. The van der Waals surface area contributed by atoms with Gasteiger partial charge in [0.25, 0.3) is 5.69 Å². The largest absolute Gasteiger partial charge is 0.454 e. The van der Waals surface area contributed by atoms with Crippen molar-refractivity contribution in [3.05, 3.63) is 73.7 Å². The number of nitrogens with zero attached hydrogens (tertiary/aromatic N) is 1. The van der Waals surface area contributed by atoms with Gasteiger partial charge in [0.05, 0.1) is 15.0 Å². The first-order chi connectivity index (χ1) is 11.9. The molecule has 2 rings (SSSR count). The summed E-state index contributed by atoms with van der Waals surface area (Å²) in [5, 5.41) is 10.9. The third-order valence-corrected chi connectivity index (χ3v) is 4.20. The number of carbonyl (C=O) groups excluding carboxylic acids is 2. The van der Waals surface area contributed by atoms with E-state index >= 15 is 0 Å². The van der Waals surface area contributed by atoms with E-state index in [2.05, 4.69) is 22.9 Å². The molecule has 0 aliphatic heterocycles. The quantitative estimate of drug-likeness (QED) is 0.295. The molecule has 0 fully saturated rings. The van der Waals surface area contributed by atoms with Gasteiger partial charge in [-0.15, -0.1) is 0 Å². The van der Waals surface area contributed by atoms with Crippen molar-refractivity contribution in [2.75, 3.05) is 6.61 Å². The zero-order valence-electron chi connectivity index (χ0n) is 13.5. The minimum Gasteiger partial charge on any atom is -0.454 e. The lowest BCUT2D eigenvalue weighted by Crippen LogP contribution is -2.14. The highest BCUT2D eigenvalue weighted by atomic mass is 79.9. The molecule has 0 saturated heterocycles. The molecule has 0 aliphatic rings. The van der Waals surface area contributed by atoms with E-state index in [0.29, 0.717) is 5.56 Å². The number of hydrogen-bond donors (Lipinski definition) is 0. The molecule has 25 heavy (non-hydrogen) atoms. The molecule has 0 atom stereocenters. The number of esters is 1. The number of aryl methyl sites for hydroxylation is 1. The molecule has 0 aliphatic carbocycles. The fourth-order valence-corrected chi connectivity index (χ4v) is 2.61. The van der Waals surface area contributed by atoms with Crippen LogP contribution in [0.4, 0.5) is 5.69 Å². The van der Waals surface area contributed by atoms with Gasteiger partial charge in [-0.3, -0.25) is 14.9 Å². The van der Waals surface area contributed by atoms with E-state index in [0.717, 1.165) is 24.5 Å². The standard InChI is InChI=1S/C18H16BrNO5/c1-2-3-12-4-6-13(7-5-12)17(21)11-25-18(22)14-8-9-15(19)16(10-14)20(23)24/h4-10H,2-3,11H2,1H3. The van der Waals surface area contributed by atoms with Crippen LogP contribution in [0.1, 0.15) is 39.6 Å². The summed E-state index contributed by atoms with van der Waals surface area (Å²) in [4.78, 5) is 34.4. The van der Waals surface area contributed by atoms with Gasteiger partial charge in [0.15, 0.2) is 12.4 Å². The van der Waals surface area contributed by atoms with Crippen LogP contribution in [0.3, 0.4) is 0 Å². The van der Waals surface area contributed by atoms with E-state index in [1.165, 1.54) is 12.1 Å². The number of carbonyl (C=O) groups is 2. The summed E-state index contributed by atoms with van der Waals surface area (Å²) in [6.07, 6.45) is 1.95. The Hall–Kier alpha value is -2.54. The van der Waals surface area contributed by atoms with Crippen LogP contribution in [0.15, 0.2) is 46.9 Å². The Morgan fingerprint density at radius 3 is 2.36 bits per heavy atom. The van der Waals surface area contributed by atoms with Gasteiger partial charge in [-0.25, -0.2) is 4.79 Å². The fraction of sp³-hybridized carbons (Fsp3) is 0.222. The van der Waals surface area contributed by atoms with Gasteiger partial charge in [0.1, 0.15) is 0 Å². The minimum absolute atomic E-state index is 0.0148. The highest BCUT2D eigenvalue weighted by molar-refractivity contribution is 9.10. The van der Waals surface area contributed by atoms with E-state index < -0.39 is 17.5 Å². The Morgan fingerprint density at radius 2 is 1.76 bits per heavy atom. The second-order valence-electron chi connectivity index (χ2n) is 5.37. The number of rotatable bonds is 7. The van der Waals surface area contributed by atoms with Gasteiger partial charge in [-0.2, -0.15) is 0 Å². The monoisotopic (exact) mass is 405 g/mol. The van der Waals surface area contributed by atoms with Crippen molar-refractivity contribution in [1.82, 2.24) is 0 Å². The molecule has 130 valence electrons. The van der Waals surface area contributed by atoms with E-state index in [4.69, 9.17) is 4.74 Å². The smallest absolute Gasteiger partial charge is 0.338 e. The average Bonchev–Trinajstić information content (AvgIpc) is 2.60. The molecule has 0 unspecified atom stereocenters. The number of benzene rings is 2. The van der Waals surface area contributed by atoms with Gasteiger partial charge in [-0.1, -0.05) is 37.6 Å².